The second-order valence-corrected chi connectivity index (χ2v) is 5.58. The highest BCUT2D eigenvalue weighted by atomic mass is 16.5. The van der Waals surface area contributed by atoms with E-state index >= 15 is 0 Å². The minimum absolute atomic E-state index is 0.0392. The van der Waals surface area contributed by atoms with Crippen LogP contribution in [-0.2, 0) is 9.53 Å². The van der Waals surface area contributed by atoms with Crippen LogP contribution in [0, 0.1) is 5.41 Å². The summed E-state index contributed by atoms with van der Waals surface area (Å²) in [6, 6.07) is 3.19. The topological polar surface area (TPSA) is 109 Å². The average molecular weight is 310 g/mol. The fourth-order valence-electron chi connectivity index (χ4n) is 1.64. The zero-order valence-electron chi connectivity index (χ0n) is 12.8. The van der Waals surface area contributed by atoms with E-state index in [-0.39, 0.29) is 19.8 Å². The van der Waals surface area contributed by atoms with Crippen LogP contribution in [0.2, 0.25) is 0 Å². The SMILES string of the molecule is CC(C)(COC(=O)c1cccnc1)C(O)C(=O)NCCCO. The first-order valence-corrected chi connectivity index (χ1v) is 7.02. The minimum atomic E-state index is -1.33. The number of nitrogens with one attached hydrogen (secondary N) is 1. The molecule has 1 aromatic rings. The van der Waals surface area contributed by atoms with Crippen LogP contribution in [0.15, 0.2) is 24.5 Å². The molecule has 0 fully saturated rings. The molecule has 0 aliphatic heterocycles. The molecule has 1 unspecified atom stereocenters. The molecule has 1 aromatic heterocycles. The van der Waals surface area contributed by atoms with Crippen LogP contribution in [0.3, 0.4) is 0 Å². The molecule has 0 spiro atoms. The summed E-state index contributed by atoms with van der Waals surface area (Å²) in [5.41, 5.74) is -0.638. The lowest BCUT2D eigenvalue weighted by Gasteiger charge is -2.28. The highest BCUT2D eigenvalue weighted by Gasteiger charge is 2.35. The van der Waals surface area contributed by atoms with Crippen molar-refractivity contribution in [3.8, 4) is 0 Å². The molecule has 1 amide bonds. The van der Waals surface area contributed by atoms with Crippen LogP contribution >= 0.6 is 0 Å². The van der Waals surface area contributed by atoms with E-state index in [0.29, 0.717) is 12.0 Å². The van der Waals surface area contributed by atoms with Crippen LogP contribution < -0.4 is 5.32 Å². The van der Waals surface area contributed by atoms with Crippen LogP contribution in [-0.4, -0.2) is 52.9 Å². The van der Waals surface area contributed by atoms with Gasteiger partial charge in [-0.2, -0.15) is 0 Å². The summed E-state index contributed by atoms with van der Waals surface area (Å²) < 4.78 is 5.13. The molecule has 0 aromatic carbocycles. The number of aliphatic hydroxyl groups is 2. The number of amides is 1. The van der Waals surface area contributed by atoms with Crippen LogP contribution in [0.4, 0.5) is 0 Å². The third-order valence-corrected chi connectivity index (χ3v) is 3.10. The van der Waals surface area contributed by atoms with E-state index in [9.17, 15) is 14.7 Å². The quantitative estimate of drug-likeness (QED) is 0.465. The first-order valence-electron chi connectivity index (χ1n) is 7.02. The van der Waals surface area contributed by atoms with Crippen molar-refractivity contribution in [1.82, 2.24) is 10.3 Å². The van der Waals surface area contributed by atoms with Crippen molar-refractivity contribution in [1.29, 1.82) is 0 Å². The van der Waals surface area contributed by atoms with E-state index in [1.165, 1.54) is 6.20 Å². The van der Waals surface area contributed by atoms with Crippen molar-refractivity contribution < 1.29 is 24.5 Å². The standard InChI is InChI=1S/C15H22N2O5/c1-15(2,12(19)13(20)17-7-4-8-18)10-22-14(21)11-5-3-6-16-9-11/h3,5-6,9,12,18-19H,4,7-8,10H2,1-2H3,(H,17,20). The third-order valence-electron chi connectivity index (χ3n) is 3.10. The lowest BCUT2D eigenvalue weighted by molar-refractivity contribution is -0.137. The Morgan fingerprint density at radius 3 is 2.77 bits per heavy atom. The van der Waals surface area contributed by atoms with Crippen LogP contribution in [0.1, 0.15) is 30.6 Å². The zero-order chi connectivity index (χ0) is 16.6. The number of hydrogen-bond donors (Lipinski definition) is 3. The third kappa shape index (κ3) is 5.42. The predicted octanol–water partition coefficient (Wildman–Crippen LogP) is 0.124. The highest BCUT2D eigenvalue weighted by Crippen LogP contribution is 2.22. The van der Waals surface area contributed by atoms with Crippen LogP contribution in [0.25, 0.3) is 0 Å². The molecular weight excluding hydrogens is 288 g/mol. The van der Waals surface area contributed by atoms with Crippen molar-refractivity contribution in [2.24, 2.45) is 5.41 Å². The van der Waals surface area contributed by atoms with Gasteiger partial charge in [-0.25, -0.2) is 4.79 Å². The van der Waals surface area contributed by atoms with E-state index in [1.54, 1.807) is 32.2 Å². The fourth-order valence-corrected chi connectivity index (χ4v) is 1.64. The lowest BCUT2D eigenvalue weighted by Crippen LogP contribution is -2.46. The van der Waals surface area contributed by atoms with E-state index in [4.69, 9.17) is 9.84 Å². The molecule has 7 heteroatoms. The van der Waals surface area contributed by atoms with Gasteiger partial charge in [0.05, 0.1) is 12.2 Å². The number of esters is 1. The maximum Gasteiger partial charge on any atom is 0.339 e. The van der Waals surface area contributed by atoms with Gasteiger partial charge in [-0.1, -0.05) is 13.8 Å². The first-order chi connectivity index (χ1) is 10.4. The number of aromatic nitrogens is 1. The average Bonchev–Trinajstić information content (AvgIpc) is 2.52. The number of ether oxygens (including phenoxy) is 1. The van der Waals surface area contributed by atoms with Gasteiger partial charge in [0.2, 0.25) is 5.91 Å². The van der Waals surface area contributed by atoms with Crippen molar-refractivity contribution >= 4 is 11.9 Å². The lowest BCUT2D eigenvalue weighted by atomic mass is 9.87. The summed E-state index contributed by atoms with van der Waals surface area (Å²) >= 11 is 0. The first kappa shape index (κ1) is 18.1. The molecule has 3 N–H and O–H groups in total. The number of rotatable bonds is 8. The molecule has 0 bridgehead atoms. The Kier molecular flexibility index (Phi) is 6.94. The van der Waals surface area contributed by atoms with Crippen LogP contribution in [0.5, 0.6) is 0 Å². The van der Waals surface area contributed by atoms with Gasteiger partial charge < -0.3 is 20.3 Å². The smallest absolute Gasteiger partial charge is 0.339 e. The highest BCUT2D eigenvalue weighted by molar-refractivity contribution is 5.89. The Labute approximate surface area is 129 Å². The molecule has 122 valence electrons. The van der Waals surface area contributed by atoms with Gasteiger partial charge in [0.15, 0.2) is 0 Å². The molecule has 22 heavy (non-hydrogen) atoms. The van der Waals surface area contributed by atoms with Gasteiger partial charge in [0, 0.05) is 31.0 Å². The molecule has 1 rings (SSSR count). The Bertz CT molecular complexity index is 490. The van der Waals surface area contributed by atoms with E-state index in [1.807, 2.05) is 0 Å². The summed E-state index contributed by atoms with van der Waals surface area (Å²) in [4.78, 5) is 27.4. The second-order valence-electron chi connectivity index (χ2n) is 5.58. The molecule has 0 aliphatic carbocycles. The maximum absolute atomic E-state index is 11.8. The van der Waals surface area contributed by atoms with Gasteiger partial charge >= 0.3 is 5.97 Å². The fraction of sp³-hybridized carbons (Fsp3) is 0.533. The van der Waals surface area contributed by atoms with Crippen molar-refractivity contribution in [2.45, 2.75) is 26.4 Å². The zero-order valence-corrected chi connectivity index (χ0v) is 12.8. The maximum atomic E-state index is 11.8. The largest absolute Gasteiger partial charge is 0.461 e. The van der Waals surface area contributed by atoms with E-state index in [0.717, 1.165) is 0 Å². The van der Waals surface area contributed by atoms with Gasteiger partial charge in [0.25, 0.3) is 0 Å². The van der Waals surface area contributed by atoms with Crippen molar-refractivity contribution in [3.05, 3.63) is 30.1 Å². The summed E-state index contributed by atoms with van der Waals surface area (Å²) in [6.45, 7) is 3.37. The van der Waals surface area contributed by atoms with Gasteiger partial charge in [-0.3, -0.25) is 9.78 Å². The Morgan fingerprint density at radius 1 is 1.45 bits per heavy atom. The Morgan fingerprint density at radius 2 is 2.18 bits per heavy atom. The van der Waals surface area contributed by atoms with Crippen molar-refractivity contribution in [2.75, 3.05) is 19.8 Å². The number of carbonyl (C=O) groups excluding carboxylic acids is 2. The summed E-state index contributed by atoms with van der Waals surface area (Å²) in [6.07, 6.45) is 2.01. The summed E-state index contributed by atoms with van der Waals surface area (Å²) in [5.74, 6) is -1.12. The van der Waals surface area contributed by atoms with Gasteiger partial charge in [-0.05, 0) is 18.6 Å². The molecular formula is C15H22N2O5. The predicted molar refractivity (Wildman–Crippen MR) is 79.0 cm³/mol. The number of nitrogens with zero attached hydrogens (tertiary/aromatic N) is 1. The van der Waals surface area contributed by atoms with Gasteiger partial charge in [-0.15, -0.1) is 0 Å². The molecule has 0 saturated heterocycles. The summed E-state index contributed by atoms with van der Waals surface area (Å²) in [7, 11) is 0. The number of aliphatic hydroxyl groups excluding tert-OH is 2. The normalized spacial score (nSPS) is 12.5. The van der Waals surface area contributed by atoms with E-state index in [2.05, 4.69) is 10.3 Å². The number of hydrogen-bond acceptors (Lipinski definition) is 6. The van der Waals surface area contributed by atoms with Crippen molar-refractivity contribution in [3.63, 3.8) is 0 Å². The monoisotopic (exact) mass is 310 g/mol. The molecule has 0 radical (unpaired) electrons. The molecule has 1 atom stereocenters. The minimum Gasteiger partial charge on any atom is -0.461 e. The molecule has 1 heterocycles. The Hall–Kier alpha value is -1.99. The molecule has 7 nitrogen and oxygen atoms in total. The molecule has 0 saturated carbocycles. The summed E-state index contributed by atoms with van der Waals surface area (Å²) in [5, 5.41) is 21.2. The Balaban J connectivity index is 2.51. The second kappa shape index (κ2) is 8.45. The van der Waals surface area contributed by atoms with E-state index < -0.39 is 23.4 Å². The number of pyridine rings is 1. The van der Waals surface area contributed by atoms with Gasteiger partial charge in [0.1, 0.15) is 6.10 Å². The molecule has 0 aliphatic rings. The number of carbonyl (C=O) groups is 2.